The largest absolute Gasteiger partial charge is 0.481 e. The molecule has 0 spiro atoms. The number of primary amides is 1. The van der Waals surface area contributed by atoms with E-state index in [1.807, 2.05) is 0 Å². The zero-order valence-electron chi connectivity index (χ0n) is 18.8. The van der Waals surface area contributed by atoms with Gasteiger partial charge in [0, 0.05) is 31.3 Å². The van der Waals surface area contributed by atoms with Gasteiger partial charge in [-0.1, -0.05) is 0 Å². The quantitative estimate of drug-likeness (QED) is 0.147. The second kappa shape index (κ2) is 12.5. The molecular weight excluding hydrogens is 466 g/mol. The highest BCUT2D eigenvalue weighted by Crippen LogP contribution is 2.19. The number of aromatic amines is 1. The van der Waals surface area contributed by atoms with Gasteiger partial charge in [0.05, 0.1) is 18.8 Å². The molecule has 0 bridgehead atoms. The van der Waals surface area contributed by atoms with Gasteiger partial charge in [-0.25, -0.2) is 9.78 Å². The summed E-state index contributed by atoms with van der Waals surface area (Å²) in [7, 11) is 0. The summed E-state index contributed by atoms with van der Waals surface area (Å²) in [5.41, 5.74) is 11.3. The third-order valence-corrected chi connectivity index (χ3v) is 5.45. The van der Waals surface area contributed by atoms with Crippen LogP contribution >= 0.6 is 0 Å². The number of carbonyl (C=O) groups is 6. The predicted octanol–water partition coefficient (Wildman–Crippen LogP) is -2.94. The summed E-state index contributed by atoms with van der Waals surface area (Å²) < 4.78 is 0. The average Bonchev–Trinajstić information content (AvgIpc) is 3.46. The van der Waals surface area contributed by atoms with Crippen LogP contribution in [0.15, 0.2) is 12.5 Å². The lowest BCUT2D eigenvalue weighted by atomic mass is 10.1. The van der Waals surface area contributed by atoms with E-state index in [2.05, 4.69) is 20.6 Å². The van der Waals surface area contributed by atoms with Gasteiger partial charge in [0.25, 0.3) is 0 Å². The normalized spacial score (nSPS) is 17.7. The Balaban J connectivity index is 2.15. The van der Waals surface area contributed by atoms with Crippen molar-refractivity contribution >= 4 is 35.6 Å². The van der Waals surface area contributed by atoms with Crippen LogP contribution in [0.1, 0.15) is 37.8 Å². The monoisotopic (exact) mass is 495 g/mol. The fourth-order valence-corrected chi connectivity index (χ4v) is 3.71. The minimum absolute atomic E-state index is 0.0787. The van der Waals surface area contributed by atoms with Gasteiger partial charge in [0.2, 0.25) is 23.6 Å². The molecule has 1 saturated heterocycles. The van der Waals surface area contributed by atoms with E-state index in [1.54, 1.807) is 0 Å². The first-order valence-electron chi connectivity index (χ1n) is 10.9. The zero-order valence-corrected chi connectivity index (χ0v) is 18.8. The van der Waals surface area contributed by atoms with Crippen molar-refractivity contribution in [1.82, 2.24) is 25.5 Å². The Bertz CT molecular complexity index is 951. The van der Waals surface area contributed by atoms with E-state index >= 15 is 0 Å². The molecule has 4 amide bonds. The molecule has 1 fully saturated rings. The lowest BCUT2D eigenvalue weighted by Gasteiger charge is -2.28. The summed E-state index contributed by atoms with van der Waals surface area (Å²) in [6.07, 6.45) is 2.24. The van der Waals surface area contributed by atoms with Gasteiger partial charge in [-0.05, 0) is 19.3 Å². The number of hydrogen-bond acceptors (Lipinski definition) is 8. The topological polar surface area (TPSA) is 251 Å². The maximum absolute atomic E-state index is 13.0. The standard InChI is InChI=1S/C20H29N7O8/c21-11(7-15(22)28)19(33)27-5-1-2-14(27)18(32)26-13(6-10-8-23-9-24-10)17(31)25-12(20(34)35)3-4-16(29)30/h8-9,11-14H,1-7,21H2,(H2,22,28)(H,23,24)(H,25,31)(H,26,32)(H,29,30)(H,34,35). The van der Waals surface area contributed by atoms with Crippen LogP contribution in [0.2, 0.25) is 0 Å². The summed E-state index contributed by atoms with van der Waals surface area (Å²) in [5.74, 6) is -5.57. The van der Waals surface area contributed by atoms with Crippen LogP contribution < -0.4 is 22.1 Å². The third kappa shape index (κ3) is 8.06. The Morgan fingerprint density at radius 1 is 1.17 bits per heavy atom. The van der Waals surface area contributed by atoms with Crippen LogP contribution in [0.4, 0.5) is 0 Å². The molecule has 1 aromatic rings. The number of hydrogen-bond donors (Lipinski definition) is 7. The highest BCUT2D eigenvalue weighted by Gasteiger charge is 2.38. The Labute approximate surface area is 199 Å². The van der Waals surface area contributed by atoms with E-state index in [4.69, 9.17) is 16.6 Å². The first-order valence-corrected chi connectivity index (χ1v) is 10.9. The lowest BCUT2D eigenvalue weighted by Crippen LogP contribution is -2.57. The number of rotatable bonds is 13. The highest BCUT2D eigenvalue weighted by atomic mass is 16.4. The number of aliphatic carboxylic acids is 2. The molecule has 192 valence electrons. The van der Waals surface area contributed by atoms with E-state index in [9.17, 15) is 33.9 Å². The number of H-pyrrole nitrogens is 1. The van der Waals surface area contributed by atoms with Crippen molar-refractivity contribution in [1.29, 1.82) is 0 Å². The Morgan fingerprint density at radius 3 is 2.46 bits per heavy atom. The van der Waals surface area contributed by atoms with Gasteiger partial charge in [-0.15, -0.1) is 0 Å². The molecule has 1 aliphatic rings. The molecule has 0 saturated carbocycles. The Hall–Kier alpha value is -4.01. The van der Waals surface area contributed by atoms with Gasteiger partial charge in [-0.3, -0.25) is 24.0 Å². The maximum Gasteiger partial charge on any atom is 0.326 e. The third-order valence-electron chi connectivity index (χ3n) is 5.45. The van der Waals surface area contributed by atoms with E-state index in [-0.39, 0.29) is 32.2 Å². The van der Waals surface area contributed by atoms with Crippen LogP contribution in [0, 0.1) is 0 Å². The van der Waals surface area contributed by atoms with Crippen molar-refractivity contribution < 1.29 is 39.0 Å². The van der Waals surface area contributed by atoms with Crippen LogP contribution in [-0.2, 0) is 35.2 Å². The summed E-state index contributed by atoms with van der Waals surface area (Å²) in [4.78, 5) is 79.8. The number of imidazole rings is 1. The molecule has 4 atom stereocenters. The number of carbonyl (C=O) groups excluding carboxylic acids is 4. The number of carboxylic acid groups (broad SMARTS) is 2. The van der Waals surface area contributed by atoms with E-state index < -0.39 is 66.2 Å². The van der Waals surface area contributed by atoms with Gasteiger partial charge < -0.3 is 42.2 Å². The van der Waals surface area contributed by atoms with E-state index in [0.29, 0.717) is 12.1 Å². The Kier molecular flexibility index (Phi) is 9.69. The molecule has 15 heteroatoms. The van der Waals surface area contributed by atoms with Gasteiger partial charge in [-0.2, -0.15) is 0 Å². The SMILES string of the molecule is NC(=O)CC(N)C(=O)N1CCCC1C(=O)NC(Cc1cnc[nH]1)C(=O)NC(CCC(=O)O)C(=O)O. The summed E-state index contributed by atoms with van der Waals surface area (Å²) in [5, 5.41) is 22.9. The summed E-state index contributed by atoms with van der Waals surface area (Å²) in [6.45, 7) is 0.219. The minimum Gasteiger partial charge on any atom is -0.481 e. The number of carboxylic acids is 2. The molecule has 0 aliphatic carbocycles. The van der Waals surface area contributed by atoms with Crippen LogP contribution in [0.5, 0.6) is 0 Å². The van der Waals surface area contributed by atoms with E-state index in [1.165, 1.54) is 17.4 Å². The molecule has 35 heavy (non-hydrogen) atoms. The van der Waals surface area contributed by atoms with Crippen molar-refractivity contribution in [3.8, 4) is 0 Å². The molecular formula is C20H29N7O8. The average molecular weight is 495 g/mol. The van der Waals surface area contributed by atoms with Crippen LogP contribution in [-0.4, -0.2) is 91.4 Å². The van der Waals surface area contributed by atoms with Crippen molar-refractivity contribution in [2.24, 2.45) is 11.5 Å². The molecule has 0 aromatic carbocycles. The molecule has 1 aromatic heterocycles. The highest BCUT2D eigenvalue weighted by molar-refractivity contribution is 5.95. The first-order chi connectivity index (χ1) is 16.5. The van der Waals surface area contributed by atoms with Crippen LogP contribution in [0.3, 0.4) is 0 Å². The number of nitrogens with zero attached hydrogens (tertiary/aromatic N) is 2. The second-order valence-electron chi connectivity index (χ2n) is 8.14. The number of aromatic nitrogens is 2. The second-order valence-corrected chi connectivity index (χ2v) is 8.14. The summed E-state index contributed by atoms with van der Waals surface area (Å²) in [6, 6.07) is -4.92. The molecule has 2 rings (SSSR count). The predicted molar refractivity (Wildman–Crippen MR) is 117 cm³/mol. The van der Waals surface area contributed by atoms with Crippen molar-refractivity contribution in [2.75, 3.05) is 6.54 Å². The minimum atomic E-state index is -1.49. The smallest absolute Gasteiger partial charge is 0.326 e. The molecule has 9 N–H and O–H groups in total. The van der Waals surface area contributed by atoms with Crippen molar-refractivity contribution in [3.63, 3.8) is 0 Å². The first kappa shape index (κ1) is 27.2. The van der Waals surface area contributed by atoms with Crippen molar-refractivity contribution in [3.05, 3.63) is 18.2 Å². The molecule has 0 radical (unpaired) electrons. The van der Waals surface area contributed by atoms with Gasteiger partial charge >= 0.3 is 11.9 Å². The fourth-order valence-electron chi connectivity index (χ4n) is 3.71. The Morgan fingerprint density at radius 2 is 1.89 bits per heavy atom. The van der Waals surface area contributed by atoms with Gasteiger partial charge in [0.1, 0.15) is 18.1 Å². The van der Waals surface area contributed by atoms with Crippen LogP contribution in [0.25, 0.3) is 0 Å². The molecule has 1 aliphatic heterocycles. The number of amides is 4. The fraction of sp³-hybridized carbons (Fsp3) is 0.550. The number of nitrogens with one attached hydrogen (secondary N) is 3. The molecule has 4 unspecified atom stereocenters. The van der Waals surface area contributed by atoms with Gasteiger partial charge in [0.15, 0.2) is 0 Å². The van der Waals surface area contributed by atoms with E-state index in [0.717, 1.165) is 0 Å². The lowest BCUT2D eigenvalue weighted by molar-refractivity contribution is -0.144. The number of nitrogens with two attached hydrogens (primary N) is 2. The zero-order chi connectivity index (χ0) is 26.1. The van der Waals surface area contributed by atoms with Crippen molar-refractivity contribution in [2.45, 2.75) is 62.7 Å². The molecule has 15 nitrogen and oxygen atoms in total. The molecule has 2 heterocycles. The maximum atomic E-state index is 13.0. The summed E-state index contributed by atoms with van der Waals surface area (Å²) >= 11 is 0. The number of likely N-dealkylation sites (tertiary alicyclic amines) is 1.